The largest absolute Gasteiger partial charge is 0.236 e. The molecule has 65 valence electrons. The molecule has 2 heterocycles. The van der Waals surface area contributed by atoms with Crippen LogP contribution in [0.3, 0.4) is 0 Å². The van der Waals surface area contributed by atoms with E-state index < -0.39 is 0 Å². The molecule has 0 bridgehead atoms. The fourth-order valence-electron chi connectivity index (χ4n) is 1.72. The third-order valence-corrected chi connectivity index (χ3v) is 2.44. The van der Waals surface area contributed by atoms with Gasteiger partial charge >= 0.3 is 0 Å². The highest BCUT2D eigenvalue weighted by Crippen LogP contribution is 2.18. The van der Waals surface area contributed by atoms with Crippen LogP contribution in [0.1, 0.15) is 26.2 Å². The van der Waals surface area contributed by atoms with Gasteiger partial charge in [0, 0.05) is 6.54 Å². The molecular formula is C8H13N4. The number of rotatable bonds is 1. The molecule has 0 aromatic rings. The summed E-state index contributed by atoms with van der Waals surface area (Å²) in [6, 6.07) is 0.513. The first-order valence-electron chi connectivity index (χ1n) is 4.49. The summed E-state index contributed by atoms with van der Waals surface area (Å²) in [5, 5.41) is 16.2. The van der Waals surface area contributed by atoms with Crippen LogP contribution in [0.4, 0.5) is 0 Å². The van der Waals surface area contributed by atoms with Crippen molar-refractivity contribution in [2.45, 2.75) is 38.3 Å². The van der Waals surface area contributed by atoms with E-state index in [1.807, 2.05) is 6.92 Å². The Morgan fingerprint density at radius 3 is 2.83 bits per heavy atom. The fraction of sp³-hybridized carbons (Fsp3) is 0.875. The van der Waals surface area contributed by atoms with E-state index in [1.54, 1.807) is 0 Å². The molecule has 4 heteroatoms. The van der Waals surface area contributed by atoms with Gasteiger partial charge in [-0.25, -0.2) is 5.32 Å². The SMILES string of the molecule is CC1=NN=NC1C1CCCC[N]1. The summed E-state index contributed by atoms with van der Waals surface area (Å²) in [6.45, 7) is 2.97. The predicted octanol–water partition coefficient (Wildman–Crippen LogP) is 1.35. The first-order valence-corrected chi connectivity index (χ1v) is 4.49. The molecule has 2 rings (SSSR count). The summed E-state index contributed by atoms with van der Waals surface area (Å²) in [5.74, 6) is 0. The third kappa shape index (κ3) is 1.39. The zero-order valence-electron chi connectivity index (χ0n) is 7.27. The highest BCUT2D eigenvalue weighted by atomic mass is 15.4. The van der Waals surface area contributed by atoms with Gasteiger partial charge in [0.15, 0.2) is 0 Å². The smallest absolute Gasteiger partial charge is 0.129 e. The van der Waals surface area contributed by atoms with E-state index in [0.717, 1.165) is 18.7 Å². The minimum atomic E-state index is 0.158. The van der Waals surface area contributed by atoms with Crippen LogP contribution in [-0.4, -0.2) is 24.3 Å². The summed E-state index contributed by atoms with van der Waals surface area (Å²) in [5.41, 5.74) is 1.02. The van der Waals surface area contributed by atoms with Crippen LogP contribution in [0.5, 0.6) is 0 Å². The molecule has 0 N–H and O–H groups in total. The van der Waals surface area contributed by atoms with Crippen LogP contribution >= 0.6 is 0 Å². The quantitative estimate of drug-likeness (QED) is 0.563. The minimum absolute atomic E-state index is 0.158. The minimum Gasteiger partial charge on any atom is -0.236 e. The van der Waals surface area contributed by atoms with Crippen LogP contribution in [0, 0.1) is 0 Å². The van der Waals surface area contributed by atoms with Crippen molar-refractivity contribution in [2.75, 3.05) is 6.54 Å². The summed E-state index contributed by atoms with van der Waals surface area (Å²) >= 11 is 0. The second-order valence-corrected chi connectivity index (χ2v) is 3.36. The average Bonchev–Trinajstić information content (AvgIpc) is 2.53. The number of hydrogen-bond acceptors (Lipinski definition) is 3. The van der Waals surface area contributed by atoms with Crippen molar-refractivity contribution in [1.29, 1.82) is 0 Å². The van der Waals surface area contributed by atoms with Crippen molar-refractivity contribution in [2.24, 2.45) is 15.4 Å². The molecule has 0 aromatic carbocycles. The van der Waals surface area contributed by atoms with E-state index >= 15 is 0 Å². The molecule has 0 aliphatic carbocycles. The Balaban J connectivity index is 1.99. The van der Waals surface area contributed by atoms with Crippen LogP contribution < -0.4 is 5.32 Å². The van der Waals surface area contributed by atoms with E-state index in [1.165, 1.54) is 12.8 Å². The summed E-state index contributed by atoms with van der Waals surface area (Å²) < 4.78 is 0. The average molecular weight is 165 g/mol. The van der Waals surface area contributed by atoms with Gasteiger partial charge in [-0.2, -0.15) is 5.11 Å². The summed E-state index contributed by atoms with van der Waals surface area (Å²) in [6.07, 6.45) is 3.65. The second kappa shape index (κ2) is 3.31. The zero-order chi connectivity index (χ0) is 8.39. The molecule has 2 aliphatic heterocycles. The van der Waals surface area contributed by atoms with Crippen molar-refractivity contribution in [3.8, 4) is 0 Å². The van der Waals surface area contributed by atoms with Crippen molar-refractivity contribution >= 4 is 5.71 Å². The lowest BCUT2D eigenvalue weighted by molar-refractivity contribution is 0.376. The van der Waals surface area contributed by atoms with E-state index in [2.05, 4.69) is 20.8 Å². The monoisotopic (exact) mass is 165 g/mol. The maximum Gasteiger partial charge on any atom is 0.129 e. The van der Waals surface area contributed by atoms with Gasteiger partial charge in [-0.3, -0.25) is 0 Å². The number of piperidine rings is 1. The van der Waals surface area contributed by atoms with Crippen LogP contribution in [0.15, 0.2) is 15.4 Å². The third-order valence-electron chi connectivity index (χ3n) is 2.44. The predicted molar refractivity (Wildman–Crippen MR) is 46.4 cm³/mol. The standard InChI is InChI=1S/C8H13N4/c1-6-8(11-12-10-6)7-4-2-3-5-9-7/h7-8H,2-5H2,1H3. The lowest BCUT2D eigenvalue weighted by Gasteiger charge is -2.24. The van der Waals surface area contributed by atoms with Gasteiger partial charge in [0.25, 0.3) is 0 Å². The van der Waals surface area contributed by atoms with Gasteiger partial charge in [0.05, 0.1) is 11.8 Å². The van der Waals surface area contributed by atoms with Gasteiger partial charge in [-0.15, -0.1) is 5.10 Å². The van der Waals surface area contributed by atoms with Gasteiger partial charge in [-0.05, 0) is 25.0 Å². The lowest BCUT2D eigenvalue weighted by atomic mass is 9.96. The summed E-state index contributed by atoms with van der Waals surface area (Å²) in [4.78, 5) is 0. The van der Waals surface area contributed by atoms with Gasteiger partial charge in [0.2, 0.25) is 0 Å². The molecule has 1 saturated heterocycles. The van der Waals surface area contributed by atoms with E-state index in [9.17, 15) is 0 Å². The Hall–Kier alpha value is -0.770. The molecule has 12 heavy (non-hydrogen) atoms. The van der Waals surface area contributed by atoms with Gasteiger partial charge < -0.3 is 0 Å². The lowest BCUT2D eigenvalue weighted by Crippen LogP contribution is -2.39. The Morgan fingerprint density at radius 2 is 2.25 bits per heavy atom. The van der Waals surface area contributed by atoms with Crippen molar-refractivity contribution in [1.82, 2.24) is 5.32 Å². The highest BCUT2D eigenvalue weighted by Gasteiger charge is 2.28. The zero-order valence-corrected chi connectivity index (χ0v) is 7.27. The van der Waals surface area contributed by atoms with Crippen molar-refractivity contribution < 1.29 is 0 Å². The Kier molecular flexibility index (Phi) is 2.17. The number of nitrogens with zero attached hydrogens (tertiary/aromatic N) is 4. The molecular weight excluding hydrogens is 152 g/mol. The summed E-state index contributed by atoms with van der Waals surface area (Å²) in [7, 11) is 0. The fourth-order valence-corrected chi connectivity index (χ4v) is 1.72. The van der Waals surface area contributed by atoms with Crippen LogP contribution in [0.25, 0.3) is 0 Å². The van der Waals surface area contributed by atoms with Crippen molar-refractivity contribution in [3.05, 3.63) is 0 Å². The molecule has 2 atom stereocenters. The first-order chi connectivity index (χ1) is 5.88. The molecule has 0 spiro atoms. The van der Waals surface area contributed by atoms with E-state index in [4.69, 9.17) is 0 Å². The molecule has 0 aromatic heterocycles. The second-order valence-electron chi connectivity index (χ2n) is 3.36. The van der Waals surface area contributed by atoms with Gasteiger partial charge in [-0.1, -0.05) is 6.42 Å². The highest BCUT2D eigenvalue weighted by molar-refractivity contribution is 5.88. The maximum atomic E-state index is 4.53. The molecule has 2 unspecified atom stereocenters. The molecule has 1 radical (unpaired) electrons. The number of hydrogen-bond donors (Lipinski definition) is 0. The van der Waals surface area contributed by atoms with Gasteiger partial charge in [0.1, 0.15) is 6.04 Å². The normalized spacial score (nSPS) is 35.2. The van der Waals surface area contributed by atoms with Crippen LogP contribution in [0.2, 0.25) is 0 Å². The molecule has 2 aliphatic rings. The molecule has 0 saturated carbocycles. The van der Waals surface area contributed by atoms with E-state index in [-0.39, 0.29) is 6.04 Å². The Bertz CT molecular complexity index is 215. The molecule has 0 amide bonds. The topological polar surface area (TPSA) is 51.2 Å². The maximum absolute atomic E-state index is 4.53. The van der Waals surface area contributed by atoms with Crippen molar-refractivity contribution in [3.63, 3.8) is 0 Å². The molecule has 1 fully saturated rings. The Morgan fingerprint density at radius 1 is 1.33 bits per heavy atom. The van der Waals surface area contributed by atoms with Crippen LogP contribution in [-0.2, 0) is 0 Å². The molecule has 4 nitrogen and oxygen atoms in total. The first kappa shape index (κ1) is 7.86. The van der Waals surface area contributed by atoms with E-state index in [0.29, 0.717) is 6.04 Å². The Labute approximate surface area is 72.1 Å².